The maximum Gasteiger partial charge on any atom is 0.169 e. The van der Waals surface area contributed by atoms with E-state index in [9.17, 15) is 4.79 Å². The van der Waals surface area contributed by atoms with E-state index in [1.165, 1.54) is 0 Å². The predicted octanol–water partition coefficient (Wildman–Crippen LogP) is 4.14. The van der Waals surface area contributed by atoms with Gasteiger partial charge in [-0.05, 0) is 54.1 Å². The summed E-state index contributed by atoms with van der Waals surface area (Å²) in [4.78, 5) is 21.3. The van der Waals surface area contributed by atoms with Crippen LogP contribution in [0.3, 0.4) is 0 Å². The number of nitrogens with one attached hydrogen (secondary N) is 1. The van der Waals surface area contributed by atoms with E-state index in [-0.39, 0.29) is 18.0 Å². The monoisotopic (exact) mass is 444 g/mol. The van der Waals surface area contributed by atoms with Crippen molar-refractivity contribution in [3.63, 3.8) is 0 Å². The largest absolute Gasteiger partial charge is 0.380 e. The lowest BCUT2D eigenvalue weighted by Gasteiger charge is -2.17. The van der Waals surface area contributed by atoms with E-state index in [1.807, 2.05) is 53.2 Å². The maximum atomic E-state index is 13.0. The molecule has 7 nitrogen and oxygen atoms in total. The average molecular weight is 445 g/mol. The molecule has 0 aliphatic rings. The van der Waals surface area contributed by atoms with Crippen molar-refractivity contribution in [2.24, 2.45) is 10.8 Å². The van der Waals surface area contributed by atoms with Gasteiger partial charge in [-0.1, -0.05) is 29.8 Å². The Balaban J connectivity index is 1.53. The second-order valence-corrected chi connectivity index (χ2v) is 7.53. The number of nitrogens with two attached hydrogens (primary N) is 1. The van der Waals surface area contributed by atoms with Crippen molar-refractivity contribution < 1.29 is 4.79 Å². The molecular weight excluding hydrogens is 424 g/mol. The molecule has 160 valence electrons. The van der Waals surface area contributed by atoms with Gasteiger partial charge in [0.15, 0.2) is 11.6 Å². The van der Waals surface area contributed by atoms with Crippen molar-refractivity contribution in [3.05, 3.63) is 113 Å². The van der Waals surface area contributed by atoms with Gasteiger partial charge in [-0.2, -0.15) is 5.10 Å². The number of amidine groups is 1. The van der Waals surface area contributed by atoms with Crippen LogP contribution in [-0.4, -0.2) is 26.2 Å². The van der Waals surface area contributed by atoms with Crippen LogP contribution in [0.2, 0.25) is 5.02 Å². The zero-order valence-corrected chi connectivity index (χ0v) is 17.9. The molecule has 4 rings (SSSR count). The Labute approximate surface area is 190 Å². The summed E-state index contributed by atoms with van der Waals surface area (Å²) in [6.07, 6.45) is 7.09. The molecule has 2 aromatic carbocycles. The van der Waals surface area contributed by atoms with Gasteiger partial charge in [0.05, 0.1) is 12.4 Å². The molecule has 1 unspecified atom stereocenters. The van der Waals surface area contributed by atoms with Crippen LogP contribution in [0.15, 0.2) is 96.7 Å². The molecule has 0 saturated heterocycles. The van der Waals surface area contributed by atoms with E-state index in [1.54, 1.807) is 43.0 Å². The first-order chi connectivity index (χ1) is 15.6. The van der Waals surface area contributed by atoms with Crippen LogP contribution in [0.5, 0.6) is 0 Å². The highest BCUT2D eigenvalue weighted by Crippen LogP contribution is 2.22. The maximum absolute atomic E-state index is 13.0. The number of hydrazone groups is 1. The molecule has 0 radical (unpaired) electrons. The first kappa shape index (κ1) is 21.3. The first-order valence-corrected chi connectivity index (χ1v) is 10.3. The summed E-state index contributed by atoms with van der Waals surface area (Å²) in [5.41, 5.74) is 12.1. The lowest BCUT2D eigenvalue weighted by molar-refractivity contribution is 0.0968. The lowest BCUT2D eigenvalue weighted by atomic mass is 9.98. The number of aromatic nitrogens is 3. The van der Waals surface area contributed by atoms with Crippen molar-refractivity contribution in [1.82, 2.24) is 20.0 Å². The summed E-state index contributed by atoms with van der Waals surface area (Å²) in [5, 5.41) is 4.89. The number of hydrogen-bond acceptors (Lipinski definition) is 5. The Kier molecular flexibility index (Phi) is 6.57. The average Bonchev–Trinajstić information content (AvgIpc) is 3.38. The minimum Gasteiger partial charge on any atom is -0.380 e. The molecule has 0 bridgehead atoms. The van der Waals surface area contributed by atoms with E-state index in [0.29, 0.717) is 16.3 Å². The van der Waals surface area contributed by atoms with Crippen molar-refractivity contribution in [2.45, 2.75) is 12.5 Å². The van der Waals surface area contributed by atoms with Gasteiger partial charge in [0, 0.05) is 41.3 Å². The fraction of sp³-hybridized carbons (Fsp3) is 0.0833. The smallest absolute Gasteiger partial charge is 0.169 e. The number of nitrogens with zero attached hydrogens (tertiary/aromatic N) is 4. The van der Waals surface area contributed by atoms with Crippen LogP contribution in [0.4, 0.5) is 0 Å². The second kappa shape index (κ2) is 9.89. The quantitative estimate of drug-likeness (QED) is 0.184. The molecule has 2 aromatic heterocycles. The van der Waals surface area contributed by atoms with Gasteiger partial charge in [-0.15, -0.1) is 0 Å². The van der Waals surface area contributed by atoms with Crippen molar-refractivity contribution in [1.29, 1.82) is 0 Å². The lowest BCUT2D eigenvalue weighted by Crippen LogP contribution is -2.25. The SMILES string of the molecule is N/C(=N/NC(CC(=O)c1ccc(-n2ccnc2)cc1)c1ccc(Cl)cc1)c1ccccn1. The first-order valence-electron chi connectivity index (χ1n) is 9.97. The van der Waals surface area contributed by atoms with E-state index < -0.39 is 6.04 Å². The summed E-state index contributed by atoms with van der Waals surface area (Å²) >= 11 is 6.03. The van der Waals surface area contributed by atoms with E-state index in [0.717, 1.165) is 11.3 Å². The fourth-order valence-electron chi connectivity index (χ4n) is 3.19. The third-order valence-corrected chi connectivity index (χ3v) is 5.17. The highest BCUT2D eigenvalue weighted by molar-refractivity contribution is 6.30. The molecule has 0 saturated carbocycles. The zero-order chi connectivity index (χ0) is 22.3. The van der Waals surface area contributed by atoms with Crippen molar-refractivity contribution >= 4 is 23.2 Å². The Morgan fingerprint density at radius 3 is 2.50 bits per heavy atom. The highest BCUT2D eigenvalue weighted by Gasteiger charge is 2.17. The van der Waals surface area contributed by atoms with Crippen molar-refractivity contribution in [2.75, 3.05) is 0 Å². The summed E-state index contributed by atoms with van der Waals surface area (Å²) < 4.78 is 1.88. The molecule has 0 spiro atoms. The Morgan fingerprint density at radius 1 is 1.06 bits per heavy atom. The molecule has 32 heavy (non-hydrogen) atoms. The van der Waals surface area contributed by atoms with Gasteiger partial charge in [0.2, 0.25) is 0 Å². The van der Waals surface area contributed by atoms with Crippen molar-refractivity contribution in [3.8, 4) is 5.69 Å². The van der Waals surface area contributed by atoms with E-state index in [2.05, 4.69) is 20.5 Å². The molecule has 4 aromatic rings. The van der Waals surface area contributed by atoms with Crippen LogP contribution in [-0.2, 0) is 0 Å². The molecule has 1 atom stereocenters. The summed E-state index contributed by atoms with van der Waals surface area (Å²) in [5.74, 6) is 0.211. The molecule has 8 heteroatoms. The molecular formula is C24H21ClN6O. The number of rotatable bonds is 8. The van der Waals surface area contributed by atoms with Crippen LogP contribution in [0.1, 0.15) is 34.1 Å². The van der Waals surface area contributed by atoms with Crippen LogP contribution < -0.4 is 11.2 Å². The number of pyridine rings is 1. The standard InChI is InChI=1S/C24H21ClN6O/c25-19-8-4-17(5-9-19)22(29-30-24(26)21-3-1-2-12-28-21)15-23(32)18-6-10-20(11-7-18)31-14-13-27-16-31/h1-14,16,22,29H,15H2,(H2,26,30). The zero-order valence-electron chi connectivity index (χ0n) is 17.1. The van der Waals surface area contributed by atoms with Gasteiger partial charge in [0.1, 0.15) is 5.69 Å². The number of ketones is 1. The van der Waals surface area contributed by atoms with Gasteiger partial charge in [-0.3, -0.25) is 9.78 Å². The minimum atomic E-state index is -0.393. The molecule has 0 aliphatic carbocycles. The topological polar surface area (TPSA) is 98.2 Å². The van der Waals surface area contributed by atoms with E-state index >= 15 is 0 Å². The third kappa shape index (κ3) is 5.19. The molecule has 2 heterocycles. The Bertz CT molecular complexity index is 1190. The Hall–Kier alpha value is -3.97. The number of hydrogen-bond donors (Lipinski definition) is 2. The Morgan fingerprint density at radius 2 is 1.84 bits per heavy atom. The minimum absolute atomic E-state index is 0.0266. The fourth-order valence-corrected chi connectivity index (χ4v) is 3.31. The third-order valence-electron chi connectivity index (χ3n) is 4.92. The second-order valence-electron chi connectivity index (χ2n) is 7.09. The molecule has 0 aliphatic heterocycles. The van der Waals surface area contributed by atoms with Crippen LogP contribution in [0, 0.1) is 0 Å². The van der Waals surface area contributed by atoms with Crippen LogP contribution in [0.25, 0.3) is 5.69 Å². The normalized spacial score (nSPS) is 12.3. The van der Waals surface area contributed by atoms with E-state index in [4.69, 9.17) is 17.3 Å². The highest BCUT2D eigenvalue weighted by atomic mass is 35.5. The number of benzene rings is 2. The number of carbonyl (C=O) groups excluding carboxylic acids is 1. The molecule has 0 fully saturated rings. The summed E-state index contributed by atoms with van der Waals surface area (Å²) in [6, 6.07) is 19.7. The number of carbonyl (C=O) groups is 1. The van der Waals surface area contributed by atoms with Crippen LogP contribution >= 0.6 is 11.6 Å². The van der Waals surface area contributed by atoms with Gasteiger partial charge >= 0.3 is 0 Å². The van der Waals surface area contributed by atoms with Gasteiger partial charge < -0.3 is 15.7 Å². The van der Waals surface area contributed by atoms with Gasteiger partial charge in [-0.25, -0.2) is 4.98 Å². The number of halogens is 1. The number of Topliss-reactive ketones (excluding diaryl/α,β-unsaturated/α-hetero) is 1. The number of imidazole rings is 1. The summed E-state index contributed by atoms with van der Waals surface area (Å²) in [7, 11) is 0. The summed E-state index contributed by atoms with van der Waals surface area (Å²) in [6.45, 7) is 0. The molecule has 3 N–H and O–H groups in total. The predicted molar refractivity (Wildman–Crippen MR) is 125 cm³/mol. The van der Waals surface area contributed by atoms with Gasteiger partial charge in [0.25, 0.3) is 0 Å². The molecule has 0 amide bonds.